The molecule has 1 aliphatic rings. The lowest BCUT2D eigenvalue weighted by Crippen LogP contribution is -2.49. The van der Waals surface area contributed by atoms with Crippen LogP contribution in [-0.4, -0.2) is 34.4 Å². The number of H-pyrrole nitrogens is 1. The summed E-state index contributed by atoms with van der Waals surface area (Å²) >= 11 is 6.04. The third-order valence-electron chi connectivity index (χ3n) is 4.88. The number of nitrogens with one attached hydrogen (secondary N) is 1. The molecule has 0 aliphatic carbocycles. The Bertz CT molecular complexity index is 1030. The molecule has 27 heavy (non-hydrogen) atoms. The Labute approximate surface area is 161 Å². The largest absolute Gasteiger partial charge is 0.464 e. The van der Waals surface area contributed by atoms with Crippen LogP contribution in [-0.2, 0) is 22.5 Å². The summed E-state index contributed by atoms with van der Waals surface area (Å²) in [6, 6.07) is 14.4. The maximum atomic E-state index is 13.2. The number of carbonyl (C=O) groups is 2. The van der Waals surface area contributed by atoms with Crippen LogP contribution in [0.15, 0.2) is 48.5 Å². The summed E-state index contributed by atoms with van der Waals surface area (Å²) in [7, 11) is 0. The van der Waals surface area contributed by atoms with Gasteiger partial charge in [-0.1, -0.05) is 35.9 Å². The van der Waals surface area contributed by atoms with Crippen LogP contribution in [0.3, 0.4) is 0 Å². The quantitative estimate of drug-likeness (QED) is 0.697. The fourth-order valence-electron chi connectivity index (χ4n) is 3.56. The number of halogens is 1. The number of esters is 1. The number of fused-ring (bicyclic) bond motifs is 2. The van der Waals surface area contributed by atoms with Gasteiger partial charge in [0.05, 0.1) is 6.61 Å². The highest BCUT2D eigenvalue weighted by atomic mass is 35.5. The lowest BCUT2D eigenvalue weighted by Gasteiger charge is -2.35. The van der Waals surface area contributed by atoms with Gasteiger partial charge in [-0.2, -0.15) is 0 Å². The number of benzene rings is 2. The summed E-state index contributed by atoms with van der Waals surface area (Å²) in [5, 5.41) is 1.47. The van der Waals surface area contributed by atoms with Gasteiger partial charge in [0.25, 0.3) is 5.91 Å². The molecule has 3 aromatic rings. The van der Waals surface area contributed by atoms with Gasteiger partial charge in [-0.3, -0.25) is 4.79 Å². The second-order valence-corrected chi connectivity index (χ2v) is 7.02. The van der Waals surface area contributed by atoms with E-state index in [1.807, 2.05) is 30.3 Å². The molecule has 4 rings (SSSR count). The second kappa shape index (κ2) is 7.08. The van der Waals surface area contributed by atoms with Crippen LogP contribution in [0.4, 0.5) is 0 Å². The van der Waals surface area contributed by atoms with Gasteiger partial charge >= 0.3 is 5.97 Å². The zero-order valence-corrected chi connectivity index (χ0v) is 15.6. The first kappa shape index (κ1) is 17.6. The van der Waals surface area contributed by atoms with Crippen LogP contribution < -0.4 is 0 Å². The summed E-state index contributed by atoms with van der Waals surface area (Å²) in [5.41, 5.74) is 3.38. The lowest BCUT2D eigenvalue weighted by atomic mass is 9.93. The average molecular weight is 383 g/mol. The van der Waals surface area contributed by atoms with Gasteiger partial charge in [0.1, 0.15) is 11.7 Å². The maximum absolute atomic E-state index is 13.2. The molecule has 2 aromatic carbocycles. The molecule has 0 spiro atoms. The van der Waals surface area contributed by atoms with Gasteiger partial charge < -0.3 is 14.6 Å². The van der Waals surface area contributed by atoms with Crippen molar-refractivity contribution < 1.29 is 14.3 Å². The average Bonchev–Trinajstić information content (AvgIpc) is 3.09. The number of carbonyl (C=O) groups excluding carboxylic acids is 2. The van der Waals surface area contributed by atoms with Crippen LogP contribution in [0, 0.1) is 0 Å². The minimum atomic E-state index is -0.637. The predicted octanol–water partition coefficient (Wildman–Crippen LogP) is 3.95. The first-order valence-corrected chi connectivity index (χ1v) is 9.27. The molecule has 1 aromatic heterocycles. The summed E-state index contributed by atoms with van der Waals surface area (Å²) < 4.78 is 5.23. The van der Waals surface area contributed by atoms with E-state index < -0.39 is 6.04 Å². The van der Waals surface area contributed by atoms with Crippen LogP contribution in [0.5, 0.6) is 0 Å². The van der Waals surface area contributed by atoms with Gasteiger partial charge in [0, 0.05) is 28.9 Å². The van der Waals surface area contributed by atoms with Gasteiger partial charge in [-0.25, -0.2) is 4.79 Å². The Balaban J connectivity index is 1.71. The van der Waals surface area contributed by atoms with Crippen molar-refractivity contribution >= 4 is 34.4 Å². The number of aromatic nitrogens is 1. The number of hydrogen-bond acceptors (Lipinski definition) is 3. The van der Waals surface area contributed by atoms with E-state index in [-0.39, 0.29) is 18.5 Å². The van der Waals surface area contributed by atoms with Gasteiger partial charge in [-0.05, 0) is 42.3 Å². The Morgan fingerprint density at radius 1 is 1.19 bits per heavy atom. The number of nitrogens with zero attached hydrogens (tertiary/aromatic N) is 1. The highest BCUT2D eigenvalue weighted by molar-refractivity contribution is 6.31. The molecule has 6 heteroatoms. The van der Waals surface area contributed by atoms with E-state index in [1.165, 1.54) is 0 Å². The van der Waals surface area contributed by atoms with Crippen LogP contribution in [0.1, 0.15) is 28.5 Å². The molecule has 1 N–H and O–H groups in total. The van der Waals surface area contributed by atoms with Crippen molar-refractivity contribution in [1.29, 1.82) is 0 Å². The van der Waals surface area contributed by atoms with Crippen molar-refractivity contribution in [2.75, 3.05) is 6.61 Å². The van der Waals surface area contributed by atoms with Gasteiger partial charge in [0.15, 0.2) is 0 Å². The monoisotopic (exact) mass is 382 g/mol. The van der Waals surface area contributed by atoms with Crippen molar-refractivity contribution in [2.45, 2.75) is 25.9 Å². The second-order valence-electron chi connectivity index (χ2n) is 6.59. The van der Waals surface area contributed by atoms with Gasteiger partial charge in [0.2, 0.25) is 0 Å². The molecule has 1 aliphatic heterocycles. The van der Waals surface area contributed by atoms with E-state index in [4.69, 9.17) is 16.3 Å². The molecule has 0 radical (unpaired) electrons. The highest BCUT2D eigenvalue weighted by Gasteiger charge is 2.36. The smallest absolute Gasteiger partial charge is 0.329 e. The van der Waals surface area contributed by atoms with E-state index in [2.05, 4.69) is 4.98 Å². The Morgan fingerprint density at radius 3 is 2.74 bits per heavy atom. The van der Waals surface area contributed by atoms with Crippen molar-refractivity contribution in [3.05, 3.63) is 70.4 Å². The van der Waals surface area contributed by atoms with E-state index in [0.717, 1.165) is 22.0 Å². The SMILES string of the molecule is CCOC(=O)C1Cc2ccccc2CN1C(=O)c1cc2cc(Cl)ccc2[nH]1. The molecule has 138 valence electrons. The first-order valence-electron chi connectivity index (χ1n) is 8.89. The molecular weight excluding hydrogens is 364 g/mol. The Hall–Kier alpha value is -2.79. The topological polar surface area (TPSA) is 62.4 Å². The summed E-state index contributed by atoms with van der Waals surface area (Å²) in [6.45, 7) is 2.42. The number of amides is 1. The molecular formula is C21H19ClN2O3. The van der Waals surface area contributed by atoms with E-state index in [1.54, 1.807) is 30.0 Å². The lowest BCUT2D eigenvalue weighted by molar-refractivity contribution is -0.149. The van der Waals surface area contributed by atoms with Crippen molar-refractivity contribution in [3.8, 4) is 0 Å². The van der Waals surface area contributed by atoms with E-state index >= 15 is 0 Å². The predicted molar refractivity (Wildman–Crippen MR) is 104 cm³/mol. The van der Waals surface area contributed by atoms with Crippen LogP contribution in [0.2, 0.25) is 5.02 Å². The third-order valence-corrected chi connectivity index (χ3v) is 5.12. The third kappa shape index (κ3) is 3.30. The minimum Gasteiger partial charge on any atom is -0.464 e. The summed E-state index contributed by atoms with van der Waals surface area (Å²) in [5.74, 6) is -0.602. The standard InChI is InChI=1S/C21H19ClN2O3/c1-2-27-21(26)19-11-13-5-3-4-6-14(13)12-24(19)20(25)18-10-15-9-16(22)7-8-17(15)23-18/h3-10,19,23H,2,11-12H2,1H3. The molecule has 0 bridgehead atoms. The Kier molecular flexibility index (Phi) is 4.62. The number of aromatic amines is 1. The number of ether oxygens (including phenoxy) is 1. The van der Waals surface area contributed by atoms with E-state index in [0.29, 0.717) is 23.7 Å². The summed E-state index contributed by atoms with van der Waals surface area (Å²) in [6.07, 6.45) is 0.451. The fraction of sp³-hybridized carbons (Fsp3) is 0.238. The van der Waals surface area contributed by atoms with Crippen LogP contribution >= 0.6 is 11.6 Å². The molecule has 0 saturated carbocycles. The zero-order valence-electron chi connectivity index (χ0n) is 14.9. The first-order chi connectivity index (χ1) is 13.1. The van der Waals surface area contributed by atoms with Crippen molar-refractivity contribution in [1.82, 2.24) is 9.88 Å². The molecule has 1 amide bonds. The Morgan fingerprint density at radius 2 is 1.96 bits per heavy atom. The molecule has 0 saturated heterocycles. The maximum Gasteiger partial charge on any atom is 0.329 e. The minimum absolute atomic E-state index is 0.227. The van der Waals surface area contributed by atoms with Crippen molar-refractivity contribution in [2.24, 2.45) is 0 Å². The number of hydrogen-bond donors (Lipinski definition) is 1. The molecule has 0 fully saturated rings. The number of rotatable bonds is 3. The molecule has 2 heterocycles. The fourth-order valence-corrected chi connectivity index (χ4v) is 3.74. The molecule has 1 atom stereocenters. The van der Waals surface area contributed by atoms with Crippen molar-refractivity contribution in [3.63, 3.8) is 0 Å². The molecule has 1 unspecified atom stereocenters. The van der Waals surface area contributed by atoms with Crippen LogP contribution in [0.25, 0.3) is 10.9 Å². The zero-order chi connectivity index (χ0) is 19.0. The normalized spacial score (nSPS) is 16.2. The summed E-state index contributed by atoms with van der Waals surface area (Å²) in [4.78, 5) is 30.5. The highest BCUT2D eigenvalue weighted by Crippen LogP contribution is 2.27. The molecule has 5 nitrogen and oxygen atoms in total. The van der Waals surface area contributed by atoms with Gasteiger partial charge in [-0.15, -0.1) is 0 Å². The van der Waals surface area contributed by atoms with E-state index in [9.17, 15) is 9.59 Å².